The molecular formula is C28H48N2O21. The molecule has 4 aliphatic heterocycles. The minimum absolute atomic E-state index is 0.656. The highest BCUT2D eigenvalue weighted by Gasteiger charge is 2.54. The lowest BCUT2D eigenvalue weighted by Gasteiger charge is -2.49. The van der Waals surface area contributed by atoms with Crippen molar-refractivity contribution in [2.75, 3.05) is 26.4 Å². The summed E-state index contributed by atoms with van der Waals surface area (Å²) >= 11 is 0. The maximum Gasteiger partial charge on any atom is 0.217 e. The number of carbonyl (C=O) groups excluding carboxylic acids is 2. The summed E-state index contributed by atoms with van der Waals surface area (Å²) in [7, 11) is 0. The van der Waals surface area contributed by atoms with Crippen molar-refractivity contribution in [2.24, 2.45) is 0 Å². The third kappa shape index (κ3) is 9.29. The van der Waals surface area contributed by atoms with Gasteiger partial charge >= 0.3 is 0 Å². The fourth-order valence-electron chi connectivity index (χ4n) is 6.25. The van der Waals surface area contributed by atoms with Crippen molar-refractivity contribution in [3.05, 3.63) is 0 Å². The molecule has 296 valence electrons. The van der Waals surface area contributed by atoms with Crippen LogP contribution in [0.2, 0.25) is 0 Å². The third-order valence-corrected chi connectivity index (χ3v) is 8.99. The van der Waals surface area contributed by atoms with Crippen molar-refractivity contribution in [3.8, 4) is 0 Å². The Labute approximate surface area is 289 Å². The number of ether oxygens (including phenoxy) is 7. The van der Waals surface area contributed by atoms with Crippen LogP contribution in [0.3, 0.4) is 0 Å². The number of amides is 2. The van der Waals surface area contributed by atoms with E-state index in [2.05, 4.69) is 10.6 Å². The maximum atomic E-state index is 12.2. The minimum atomic E-state index is -2.00. The average molecular weight is 749 g/mol. The molecule has 0 spiro atoms. The van der Waals surface area contributed by atoms with Crippen LogP contribution >= 0.6 is 0 Å². The number of hydrogen-bond donors (Lipinski definition) is 14. The second-order valence-electron chi connectivity index (χ2n) is 12.7. The van der Waals surface area contributed by atoms with Crippen LogP contribution in [-0.2, 0) is 42.7 Å². The van der Waals surface area contributed by atoms with Crippen LogP contribution < -0.4 is 10.6 Å². The standard InChI is InChI=1S/C28H48N2O21/c1-7(34)29-13-17(38)23(10(4-32)46-25(13)44)50-26-14(30-8(2)35)18(39)24(11(5-33)48-26)51-28-22(43)20(41)16(37)12(49-28)6-45-27-21(42)19(40)15(36)9(3-31)47-27/h9-28,31-33,36-44H,3-6H2,1-2H3,(H,29,34)(H,30,35)/t9-,10-,11-,12-,13-,14-,15-,16-,17-,18-,19+,20+,21+,22+,23-,24-,25-,26+,27-,28+/m1/s1. The summed E-state index contributed by atoms with van der Waals surface area (Å²) in [5, 5.41) is 129. The molecule has 4 heterocycles. The summed E-state index contributed by atoms with van der Waals surface area (Å²) < 4.78 is 38.9. The number of hydrogen-bond acceptors (Lipinski definition) is 21. The molecule has 0 aromatic carbocycles. The first-order valence-corrected chi connectivity index (χ1v) is 16.1. The minimum Gasteiger partial charge on any atom is -0.394 e. The Hall–Kier alpha value is -1.82. The maximum absolute atomic E-state index is 12.2. The van der Waals surface area contributed by atoms with Gasteiger partial charge in [0.15, 0.2) is 25.2 Å². The molecule has 0 saturated carbocycles. The molecule has 0 bridgehead atoms. The van der Waals surface area contributed by atoms with Crippen molar-refractivity contribution >= 4 is 11.8 Å². The number of aliphatic hydroxyl groups excluding tert-OH is 12. The summed E-state index contributed by atoms with van der Waals surface area (Å²) in [6.45, 7) is -0.998. The number of aliphatic hydroxyl groups is 12. The van der Waals surface area contributed by atoms with Gasteiger partial charge in [0.1, 0.15) is 97.5 Å². The molecule has 0 radical (unpaired) electrons. The first-order chi connectivity index (χ1) is 24.0. The molecule has 51 heavy (non-hydrogen) atoms. The quantitative estimate of drug-likeness (QED) is 0.0881. The zero-order chi connectivity index (χ0) is 37.9. The predicted molar refractivity (Wildman–Crippen MR) is 157 cm³/mol. The van der Waals surface area contributed by atoms with E-state index in [1.54, 1.807) is 0 Å². The van der Waals surface area contributed by atoms with Gasteiger partial charge in [-0.05, 0) is 0 Å². The van der Waals surface area contributed by atoms with Gasteiger partial charge in [-0.25, -0.2) is 0 Å². The van der Waals surface area contributed by atoms with Crippen molar-refractivity contribution in [1.82, 2.24) is 10.6 Å². The highest BCUT2D eigenvalue weighted by molar-refractivity contribution is 5.73. The molecule has 23 nitrogen and oxygen atoms in total. The highest BCUT2D eigenvalue weighted by atomic mass is 16.8. The normalized spacial score (nSPS) is 47.8. The molecule has 4 rings (SSSR count). The second-order valence-corrected chi connectivity index (χ2v) is 12.7. The Kier molecular flexibility index (Phi) is 14.8. The van der Waals surface area contributed by atoms with Crippen LogP contribution in [0.1, 0.15) is 13.8 Å². The Balaban J connectivity index is 1.50. The first kappa shape index (κ1) is 41.9. The zero-order valence-corrected chi connectivity index (χ0v) is 27.4. The van der Waals surface area contributed by atoms with Gasteiger partial charge < -0.3 is 105 Å². The number of rotatable bonds is 12. The zero-order valence-electron chi connectivity index (χ0n) is 27.4. The van der Waals surface area contributed by atoms with Gasteiger partial charge in [-0.2, -0.15) is 0 Å². The summed E-state index contributed by atoms with van der Waals surface area (Å²) in [4.78, 5) is 23.9. The summed E-state index contributed by atoms with van der Waals surface area (Å²) in [5.74, 6) is -1.39. The Morgan fingerprint density at radius 2 is 0.941 bits per heavy atom. The fourth-order valence-corrected chi connectivity index (χ4v) is 6.25. The van der Waals surface area contributed by atoms with Crippen molar-refractivity contribution < 1.29 is 104 Å². The van der Waals surface area contributed by atoms with Crippen LogP contribution in [0.15, 0.2) is 0 Å². The monoisotopic (exact) mass is 748 g/mol. The van der Waals surface area contributed by atoms with Crippen molar-refractivity contribution in [1.29, 1.82) is 0 Å². The molecule has 0 aromatic heterocycles. The molecule has 4 aliphatic rings. The molecule has 20 atom stereocenters. The number of carbonyl (C=O) groups is 2. The summed E-state index contributed by atoms with van der Waals surface area (Å²) in [5.41, 5.74) is 0. The van der Waals surface area contributed by atoms with Crippen LogP contribution in [0.25, 0.3) is 0 Å². The van der Waals surface area contributed by atoms with E-state index in [9.17, 15) is 70.9 Å². The molecule has 14 N–H and O–H groups in total. The van der Waals surface area contributed by atoms with Gasteiger partial charge in [0.2, 0.25) is 11.8 Å². The van der Waals surface area contributed by atoms with Gasteiger partial charge in [-0.1, -0.05) is 0 Å². The van der Waals surface area contributed by atoms with E-state index in [0.717, 1.165) is 13.8 Å². The van der Waals surface area contributed by atoms with Crippen LogP contribution in [0, 0.1) is 0 Å². The smallest absolute Gasteiger partial charge is 0.217 e. The largest absolute Gasteiger partial charge is 0.394 e. The Bertz CT molecular complexity index is 1140. The average Bonchev–Trinajstić information content (AvgIpc) is 3.09. The topological polar surface area (TPSA) is 366 Å². The third-order valence-electron chi connectivity index (χ3n) is 8.99. The summed E-state index contributed by atoms with van der Waals surface area (Å²) in [6.07, 6.45) is -30.9. The lowest BCUT2D eigenvalue weighted by atomic mass is 9.94. The Morgan fingerprint density at radius 3 is 1.49 bits per heavy atom. The molecule has 2 amide bonds. The first-order valence-electron chi connectivity index (χ1n) is 16.1. The van der Waals surface area contributed by atoms with E-state index < -0.39 is 161 Å². The summed E-state index contributed by atoms with van der Waals surface area (Å²) in [6, 6.07) is -3.02. The van der Waals surface area contributed by atoms with E-state index in [1.165, 1.54) is 0 Å². The molecule has 0 aliphatic carbocycles. The van der Waals surface area contributed by atoms with Crippen molar-refractivity contribution in [3.63, 3.8) is 0 Å². The fraction of sp³-hybridized carbons (Fsp3) is 0.929. The molecule has 0 aromatic rings. The lowest BCUT2D eigenvalue weighted by molar-refractivity contribution is -0.365. The Morgan fingerprint density at radius 1 is 0.510 bits per heavy atom. The molecule has 4 fully saturated rings. The predicted octanol–water partition coefficient (Wildman–Crippen LogP) is -9.46. The SMILES string of the molecule is CC(=O)N[C@@H]1[C@@H](O)[C@H](O[C@@H]2O[C@H](CO)[C@@H](O[C@@H]3O[C@H](CO[C@@H]4O[C@H](CO)[C@@H](O)[C@H](O)[C@@H]4O)[C@@H](O)[C@H](O)[C@@H]3O)[C@H](O)[C@H]2NC(C)=O)[C@@H](CO)O[C@H]1O. The van der Waals surface area contributed by atoms with Gasteiger partial charge in [-0.15, -0.1) is 0 Å². The van der Waals surface area contributed by atoms with E-state index in [4.69, 9.17) is 33.2 Å². The van der Waals surface area contributed by atoms with Crippen LogP contribution in [0.4, 0.5) is 0 Å². The van der Waals surface area contributed by atoms with E-state index in [1.807, 2.05) is 0 Å². The van der Waals surface area contributed by atoms with Crippen LogP contribution in [-0.4, -0.2) is 222 Å². The number of nitrogens with one attached hydrogen (secondary N) is 2. The van der Waals surface area contributed by atoms with Gasteiger partial charge in [0.05, 0.1) is 26.4 Å². The van der Waals surface area contributed by atoms with Gasteiger partial charge in [0, 0.05) is 13.8 Å². The van der Waals surface area contributed by atoms with E-state index in [-0.39, 0.29) is 0 Å². The molecule has 0 unspecified atom stereocenters. The molecular weight excluding hydrogens is 700 g/mol. The van der Waals surface area contributed by atoms with E-state index >= 15 is 0 Å². The second kappa shape index (κ2) is 18.0. The van der Waals surface area contributed by atoms with Gasteiger partial charge in [-0.3, -0.25) is 9.59 Å². The highest BCUT2D eigenvalue weighted by Crippen LogP contribution is 2.33. The molecule has 23 heteroatoms. The van der Waals surface area contributed by atoms with E-state index in [0.29, 0.717) is 0 Å². The van der Waals surface area contributed by atoms with Crippen LogP contribution in [0.5, 0.6) is 0 Å². The van der Waals surface area contributed by atoms with Crippen molar-refractivity contribution in [2.45, 2.75) is 137 Å². The lowest BCUT2D eigenvalue weighted by Crippen LogP contribution is -2.70. The van der Waals surface area contributed by atoms with Gasteiger partial charge in [0.25, 0.3) is 0 Å². The molecule has 4 saturated heterocycles.